The molecule has 118 valence electrons. The molecule has 0 heterocycles. The molecule has 3 N–H and O–H groups in total. The van der Waals surface area contributed by atoms with Crippen LogP contribution in [-0.2, 0) is 6.18 Å². The first-order valence-electron chi connectivity index (χ1n) is 6.67. The first-order valence-corrected chi connectivity index (χ1v) is 7.46. The highest BCUT2D eigenvalue weighted by molar-refractivity contribution is 9.10. The van der Waals surface area contributed by atoms with Crippen molar-refractivity contribution < 1.29 is 18.0 Å². The van der Waals surface area contributed by atoms with Crippen LogP contribution >= 0.6 is 15.9 Å². The lowest BCUT2D eigenvalue weighted by atomic mass is 10.1. The summed E-state index contributed by atoms with van der Waals surface area (Å²) in [6, 6.07) is 2.76. The normalized spacial score (nSPS) is 13.0. The van der Waals surface area contributed by atoms with Gasteiger partial charge in [-0.2, -0.15) is 13.2 Å². The topological polar surface area (TPSA) is 55.1 Å². The van der Waals surface area contributed by atoms with E-state index in [0.717, 1.165) is 25.0 Å². The molecule has 0 aliphatic rings. The molecule has 0 saturated heterocycles. The zero-order valence-corrected chi connectivity index (χ0v) is 13.2. The lowest BCUT2D eigenvalue weighted by molar-refractivity contribution is -0.137. The zero-order chi connectivity index (χ0) is 16.0. The molecule has 1 rings (SSSR count). The fourth-order valence-electron chi connectivity index (χ4n) is 1.84. The maximum atomic E-state index is 12.7. The zero-order valence-electron chi connectivity index (χ0n) is 11.6. The Labute approximate surface area is 130 Å². The average molecular weight is 367 g/mol. The highest BCUT2D eigenvalue weighted by Gasteiger charge is 2.31. The third-order valence-electron chi connectivity index (χ3n) is 3.06. The number of amides is 1. The fourth-order valence-corrected chi connectivity index (χ4v) is 2.26. The lowest BCUT2D eigenvalue weighted by Gasteiger charge is -2.17. The van der Waals surface area contributed by atoms with Gasteiger partial charge in [0.05, 0.1) is 11.1 Å². The number of hydrogen-bond donors (Lipinski definition) is 2. The fraction of sp³-hybridized carbons (Fsp3) is 0.500. The van der Waals surface area contributed by atoms with Crippen LogP contribution in [0.15, 0.2) is 22.7 Å². The molecule has 1 aromatic carbocycles. The third kappa shape index (κ3) is 5.32. The smallest absolute Gasteiger partial charge is 0.348 e. The van der Waals surface area contributed by atoms with E-state index in [1.165, 1.54) is 6.07 Å². The van der Waals surface area contributed by atoms with Gasteiger partial charge in [-0.3, -0.25) is 4.79 Å². The monoisotopic (exact) mass is 366 g/mol. The molecule has 0 saturated carbocycles. The summed E-state index contributed by atoms with van der Waals surface area (Å²) in [6.07, 6.45) is -1.92. The minimum Gasteiger partial charge on any atom is -0.348 e. The van der Waals surface area contributed by atoms with Crippen molar-refractivity contribution in [3.8, 4) is 0 Å². The molecule has 1 amide bonds. The summed E-state index contributed by atoms with van der Waals surface area (Å²) in [5.74, 6) is -0.556. The molecule has 1 unspecified atom stereocenters. The van der Waals surface area contributed by atoms with Crippen LogP contribution in [0.4, 0.5) is 13.2 Å². The van der Waals surface area contributed by atoms with E-state index in [0.29, 0.717) is 10.9 Å². The molecular formula is C14H18BrF3N2O. The first kappa shape index (κ1) is 18.0. The van der Waals surface area contributed by atoms with Crippen molar-refractivity contribution in [3.05, 3.63) is 33.8 Å². The van der Waals surface area contributed by atoms with Crippen LogP contribution in [0.25, 0.3) is 0 Å². The van der Waals surface area contributed by atoms with Crippen molar-refractivity contribution in [1.82, 2.24) is 5.32 Å². The summed E-state index contributed by atoms with van der Waals surface area (Å²) in [6.45, 7) is 2.26. The van der Waals surface area contributed by atoms with E-state index in [-0.39, 0.29) is 18.2 Å². The Bertz CT molecular complexity index is 492. The predicted molar refractivity (Wildman–Crippen MR) is 79.0 cm³/mol. The van der Waals surface area contributed by atoms with Gasteiger partial charge in [0.25, 0.3) is 5.91 Å². The highest BCUT2D eigenvalue weighted by Crippen LogP contribution is 2.31. The number of nitrogens with one attached hydrogen (secondary N) is 1. The molecule has 7 heteroatoms. The van der Waals surface area contributed by atoms with E-state index < -0.39 is 17.6 Å². The quantitative estimate of drug-likeness (QED) is 0.805. The predicted octanol–water partition coefficient (Wildman–Crippen LogP) is 3.72. The Hall–Kier alpha value is -1.08. The van der Waals surface area contributed by atoms with Gasteiger partial charge in [-0.15, -0.1) is 0 Å². The van der Waals surface area contributed by atoms with Gasteiger partial charge in [0, 0.05) is 17.1 Å². The first-order chi connectivity index (χ1) is 9.79. The Morgan fingerprint density at radius 1 is 1.43 bits per heavy atom. The molecule has 0 aliphatic carbocycles. The maximum absolute atomic E-state index is 12.7. The number of carbonyl (C=O) groups excluding carboxylic acids is 1. The summed E-state index contributed by atoms with van der Waals surface area (Å²) in [5.41, 5.74) is 4.68. The van der Waals surface area contributed by atoms with Crippen LogP contribution in [0, 0.1) is 0 Å². The molecule has 0 spiro atoms. The number of rotatable bonds is 6. The molecule has 3 nitrogen and oxygen atoms in total. The van der Waals surface area contributed by atoms with Gasteiger partial charge < -0.3 is 11.1 Å². The molecule has 1 aromatic rings. The third-order valence-corrected chi connectivity index (χ3v) is 3.76. The minimum atomic E-state index is -4.48. The van der Waals surface area contributed by atoms with Gasteiger partial charge in [-0.1, -0.05) is 19.8 Å². The molecule has 0 radical (unpaired) electrons. The molecule has 0 fully saturated rings. The van der Waals surface area contributed by atoms with Gasteiger partial charge in [0.15, 0.2) is 0 Å². The summed E-state index contributed by atoms with van der Waals surface area (Å²) in [7, 11) is 0. The van der Waals surface area contributed by atoms with Gasteiger partial charge >= 0.3 is 6.18 Å². The van der Waals surface area contributed by atoms with E-state index in [1.807, 2.05) is 6.92 Å². The number of benzene rings is 1. The second kappa shape index (κ2) is 7.79. The summed E-state index contributed by atoms with van der Waals surface area (Å²) < 4.78 is 38.4. The second-order valence-corrected chi connectivity index (χ2v) is 5.60. The van der Waals surface area contributed by atoms with Crippen molar-refractivity contribution in [1.29, 1.82) is 0 Å². The number of hydrogen-bond acceptors (Lipinski definition) is 2. The van der Waals surface area contributed by atoms with Crippen LogP contribution in [-0.4, -0.2) is 18.5 Å². The molecule has 0 aromatic heterocycles. The summed E-state index contributed by atoms with van der Waals surface area (Å²) >= 11 is 3.10. The summed E-state index contributed by atoms with van der Waals surface area (Å²) in [4.78, 5) is 12.1. The van der Waals surface area contributed by atoms with Crippen LogP contribution in [0.5, 0.6) is 0 Å². The highest BCUT2D eigenvalue weighted by atomic mass is 79.9. The molecule has 1 atom stereocenters. The summed E-state index contributed by atoms with van der Waals surface area (Å²) in [5, 5.41) is 2.68. The van der Waals surface area contributed by atoms with Gasteiger partial charge in [0.2, 0.25) is 0 Å². The number of unbranched alkanes of at least 4 members (excludes halogenated alkanes) is 1. The largest absolute Gasteiger partial charge is 0.416 e. The van der Waals surface area contributed by atoms with E-state index in [4.69, 9.17) is 5.73 Å². The number of alkyl halides is 3. The van der Waals surface area contributed by atoms with E-state index >= 15 is 0 Å². The number of carbonyl (C=O) groups is 1. The van der Waals surface area contributed by atoms with E-state index in [1.54, 1.807) is 0 Å². The molecule has 21 heavy (non-hydrogen) atoms. The molecule has 0 bridgehead atoms. The second-order valence-electron chi connectivity index (χ2n) is 4.74. The van der Waals surface area contributed by atoms with Gasteiger partial charge in [0.1, 0.15) is 0 Å². The average Bonchev–Trinajstić information content (AvgIpc) is 2.42. The SMILES string of the molecule is CCCCC(CN)NC(=O)c1cc(C(F)(F)F)ccc1Br. The molecular weight excluding hydrogens is 349 g/mol. The Morgan fingerprint density at radius 3 is 2.62 bits per heavy atom. The van der Waals surface area contributed by atoms with Crippen LogP contribution in [0.2, 0.25) is 0 Å². The number of halogens is 4. The van der Waals surface area contributed by atoms with E-state index in [9.17, 15) is 18.0 Å². The van der Waals surface area contributed by atoms with Crippen molar-refractivity contribution in [2.24, 2.45) is 5.73 Å². The van der Waals surface area contributed by atoms with Crippen molar-refractivity contribution in [3.63, 3.8) is 0 Å². The minimum absolute atomic E-state index is 0.0419. The Morgan fingerprint density at radius 2 is 2.10 bits per heavy atom. The van der Waals surface area contributed by atoms with Crippen molar-refractivity contribution in [2.45, 2.75) is 38.4 Å². The maximum Gasteiger partial charge on any atom is 0.416 e. The number of nitrogens with two attached hydrogens (primary N) is 1. The Balaban J connectivity index is 2.91. The molecule has 0 aliphatic heterocycles. The van der Waals surface area contributed by atoms with Gasteiger partial charge in [-0.05, 0) is 40.5 Å². The van der Waals surface area contributed by atoms with Crippen LogP contribution in [0.1, 0.15) is 42.1 Å². The van der Waals surface area contributed by atoms with E-state index in [2.05, 4.69) is 21.2 Å². The van der Waals surface area contributed by atoms with Crippen molar-refractivity contribution in [2.75, 3.05) is 6.54 Å². The lowest BCUT2D eigenvalue weighted by Crippen LogP contribution is -2.40. The Kier molecular flexibility index (Phi) is 6.67. The standard InChI is InChI=1S/C14H18BrF3N2O/c1-2-3-4-10(8-19)20-13(21)11-7-9(14(16,17)18)5-6-12(11)15/h5-7,10H,2-4,8,19H2,1H3,(H,20,21). The van der Waals surface area contributed by atoms with Gasteiger partial charge in [-0.25, -0.2) is 0 Å². The van der Waals surface area contributed by atoms with Crippen molar-refractivity contribution >= 4 is 21.8 Å². The van der Waals surface area contributed by atoms with Crippen LogP contribution < -0.4 is 11.1 Å². The van der Waals surface area contributed by atoms with Crippen LogP contribution in [0.3, 0.4) is 0 Å².